The van der Waals surface area contributed by atoms with E-state index in [-0.39, 0.29) is 30.4 Å². The zero-order chi connectivity index (χ0) is 37.8. The first-order chi connectivity index (χ1) is 24.3. The number of aromatic nitrogens is 4. The molecule has 2 heterocycles. The van der Waals surface area contributed by atoms with Gasteiger partial charge in [0.05, 0.1) is 57.4 Å². The smallest absolute Gasteiger partial charge is 0.232 e. The standard InChI is InChI=1S/C41H49N7O4/c1-38(2,3)35(50)46-36-43-30-18-16-27(40(7,8)51)20-32(30)47(36)28-21-29(22-28)52-41(9,26-13-11-10-12-14-26)23-34(49)45-37-44-31-17-15-25(24-42)19-33(31)48(37)39(4,5)6/h10-20,28-29,51H,21-23H2,1-9H3,(H,43,46,50)(H,44,45,49)/t28?,29?,41-/m1/s1. The van der Waals surface area contributed by atoms with Crippen molar-refractivity contribution in [2.75, 3.05) is 10.6 Å². The van der Waals surface area contributed by atoms with Crippen LogP contribution in [-0.2, 0) is 31.1 Å². The molecule has 52 heavy (non-hydrogen) atoms. The van der Waals surface area contributed by atoms with Gasteiger partial charge < -0.3 is 19.0 Å². The molecule has 1 aliphatic rings. The topological polar surface area (TPSA) is 147 Å². The number of carbonyl (C=O) groups is 2. The molecule has 0 radical (unpaired) electrons. The lowest BCUT2D eigenvalue weighted by Gasteiger charge is -2.43. The fraction of sp³-hybridized carbons (Fsp3) is 0.439. The minimum absolute atomic E-state index is 0.0326. The van der Waals surface area contributed by atoms with Crippen molar-refractivity contribution in [2.45, 2.75) is 110 Å². The first-order valence-electron chi connectivity index (χ1n) is 17.8. The molecule has 0 spiro atoms. The van der Waals surface area contributed by atoms with Gasteiger partial charge in [-0.05, 0) is 95.8 Å². The van der Waals surface area contributed by atoms with Crippen LogP contribution in [0.15, 0.2) is 66.7 Å². The highest BCUT2D eigenvalue weighted by Crippen LogP contribution is 2.44. The van der Waals surface area contributed by atoms with Gasteiger partial charge >= 0.3 is 0 Å². The third-order valence-electron chi connectivity index (χ3n) is 9.75. The maximum atomic E-state index is 13.9. The van der Waals surface area contributed by atoms with Gasteiger partial charge in [-0.1, -0.05) is 57.2 Å². The maximum absolute atomic E-state index is 13.9. The van der Waals surface area contributed by atoms with Crippen molar-refractivity contribution in [1.82, 2.24) is 19.1 Å². The number of hydrogen-bond acceptors (Lipinski definition) is 7. The average Bonchev–Trinajstić information content (AvgIpc) is 3.58. The number of rotatable bonds is 9. The molecule has 6 rings (SSSR count). The van der Waals surface area contributed by atoms with E-state index in [2.05, 4.69) is 21.3 Å². The first-order valence-corrected chi connectivity index (χ1v) is 17.8. The normalized spacial score (nSPS) is 17.7. The SMILES string of the molecule is CC(C)(C)C(=O)Nc1nc2ccc(C(C)(C)O)cc2n1C1CC(O[C@](C)(CC(=O)Nc2nc3ccc(C#N)cc3n2C(C)(C)C)c2ccccc2)C1. The fourth-order valence-corrected chi connectivity index (χ4v) is 6.82. The Hall–Kier alpha value is -5.05. The minimum atomic E-state index is -1.06. The molecule has 2 amide bonds. The highest BCUT2D eigenvalue weighted by atomic mass is 16.5. The van der Waals surface area contributed by atoms with Gasteiger partial charge in [0.15, 0.2) is 0 Å². The summed E-state index contributed by atoms with van der Waals surface area (Å²) < 4.78 is 10.9. The number of amides is 2. The zero-order valence-corrected chi connectivity index (χ0v) is 31.5. The van der Waals surface area contributed by atoms with Crippen LogP contribution in [0, 0.1) is 16.7 Å². The molecule has 0 bridgehead atoms. The molecule has 0 saturated heterocycles. The van der Waals surface area contributed by atoms with Crippen LogP contribution >= 0.6 is 0 Å². The number of imidazole rings is 2. The number of fused-ring (bicyclic) bond motifs is 2. The predicted octanol–water partition coefficient (Wildman–Crippen LogP) is 7.89. The van der Waals surface area contributed by atoms with E-state index in [0.29, 0.717) is 35.8 Å². The van der Waals surface area contributed by atoms with E-state index in [1.54, 1.807) is 32.0 Å². The van der Waals surface area contributed by atoms with E-state index in [4.69, 9.17) is 14.7 Å². The Bertz CT molecular complexity index is 2190. The van der Waals surface area contributed by atoms with Crippen molar-refractivity contribution < 1.29 is 19.4 Å². The number of nitriles is 1. The molecule has 1 fully saturated rings. The molecule has 1 aliphatic carbocycles. The Morgan fingerprint density at radius 1 is 0.846 bits per heavy atom. The maximum Gasteiger partial charge on any atom is 0.232 e. The summed E-state index contributed by atoms with van der Waals surface area (Å²) in [7, 11) is 0. The largest absolute Gasteiger partial charge is 0.386 e. The lowest BCUT2D eigenvalue weighted by molar-refractivity contribution is -0.146. The predicted molar refractivity (Wildman–Crippen MR) is 203 cm³/mol. The summed E-state index contributed by atoms with van der Waals surface area (Å²) in [4.78, 5) is 36.6. The molecule has 272 valence electrons. The molecule has 3 aromatic carbocycles. The van der Waals surface area contributed by atoms with Crippen LogP contribution in [0.25, 0.3) is 22.1 Å². The van der Waals surface area contributed by atoms with Crippen molar-refractivity contribution in [3.63, 3.8) is 0 Å². The van der Waals surface area contributed by atoms with E-state index in [1.165, 1.54) is 0 Å². The summed E-state index contributed by atoms with van der Waals surface area (Å²) in [6.07, 6.45) is 1.10. The van der Waals surface area contributed by atoms with E-state index in [0.717, 1.165) is 27.7 Å². The highest BCUT2D eigenvalue weighted by Gasteiger charge is 2.41. The summed E-state index contributed by atoms with van der Waals surface area (Å²) >= 11 is 0. The van der Waals surface area contributed by atoms with Gasteiger partial charge in [0.2, 0.25) is 23.7 Å². The van der Waals surface area contributed by atoms with Gasteiger partial charge in [-0.2, -0.15) is 5.26 Å². The van der Waals surface area contributed by atoms with Crippen LogP contribution in [0.1, 0.15) is 104 Å². The number of benzene rings is 3. The number of nitrogens with zero attached hydrogens (tertiary/aromatic N) is 5. The van der Waals surface area contributed by atoms with Crippen molar-refractivity contribution in [1.29, 1.82) is 5.26 Å². The number of nitrogens with one attached hydrogen (secondary N) is 2. The first kappa shape index (κ1) is 36.7. The summed E-state index contributed by atoms with van der Waals surface area (Å²) in [5.41, 5.74) is 2.05. The van der Waals surface area contributed by atoms with Gasteiger partial charge in [-0.15, -0.1) is 0 Å². The second kappa shape index (κ2) is 13.2. The summed E-state index contributed by atoms with van der Waals surface area (Å²) in [6, 6.07) is 22.9. The van der Waals surface area contributed by atoms with Crippen molar-refractivity contribution in [2.24, 2.45) is 5.41 Å². The van der Waals surface area contributed by atoms with Gasteiger partial charge in [0.1, 0.15) is 0 Å². The highest BCUT2D eigenvalue weighted by molar-refractivity contribution is 5.95. The van der Waals surface area contributed by atoms with Crippen LogP contribution in [0.2, 0.25) is 0 Å². The molecule has 11 heteroatoms. The van der Waals surface area contributed by atoms with E-state index < -0.39 is 22.2 Å². The van der Waals surface area contributed by atoms with Crippen LogP contribution in [-0.4, -0.2) is 42.1 Å². The minimum Gasteiger partial charge on any atom is -0.386 e. The molecule has 5 aromatic rings. The van der Waals surface area contributed by atoms with E-state index >= 15 is 0 Å². The third-order valence-corrected chi connectivity index (χ3v) is 9.75. The molecule has 2 aromatic heterocycles. The number of carbonyl (C=O) groups excluding carboxylic acids is 2. The second-order valence-corrected chi connectivity index (χ2v) is 16.7. The monoisotopic (exact) mass is 703 g/mol. The lowest BCUT2D eigenvalue weighted by atomic mass is 9.85. The number of aliphatic hydroxyl groups is 1. The molecule has 3 N–H and O–H groups in total. The van der Waals surface area contributed by atoms with E-state index in [1.807, 2.05) is 102 Å². The average molecular weight is 704 g/mol. The summed E-state index contributed by atoms with van der Waals surface area (Å²) in [6.45, 7) is 17.1. The van der Waals surface area contributed by atoms with Crippen molar-refractivity contribution in [3.05, 3.63) is 83.4 Å². The zero-order valence-electron chi connectivity index (χ0n) is 31.5. The van der Waals surface area contributed by atoms with Crippen LogP contribution in [0.4, 0.5) is 11.9 Å². The lowest BCUT2D eigenvalue weighted by Crippen LogP contribution is -2.42. The third kappa shape index (κ3) is 7.31. The van der Waals surface area contributed by atoms with Crippen LogP contribution in [0.3, 0.4) is 0 Å². The van der Waals surface area contributed by atoms with Gasteiger partial charge in [0, 0.05) is 17.0 Å². The molecule has 1 atom stereocenters. The fourth-order valence-electron chi connectivity index (χ4n) is 6.82. The van der Waals surface area contributed by atoms with Crippen molar-refractivity contribution in [3.8, 4) is 6.07 Å². The van der Waals surface area contributed by atoms with Gasteiger partial charge in [0.25, 0.3) is 0 Å². The summed E-state index contributed by atoms with van der Waals surface area (Å²) in [5.74, 6) is 0.464. The quantitative estimate of drug-likeness (QED) is 0.141. The Morgan fingerprint density at radius 3 is 2.10 bits per heavy atom. The van der Waals surface area contributed by atoms with E-state index in [9.17, 15) is 20.0 Å². The second-order valence-electron chi connectivity index (χ2n) is 16.7. The van der Waals surface area contributed by atoms with Gasteiger partial charge in [-0.25, -0.2) is 9.97 Å². The molecular formula is C41H49N7O4. The Kier molecular flexibility index (Phi) is 9.31. The van der Waals surface area contributed by atoms with Crippen LogP contribution in [0.5, 0.6) is 0 Å². The molecule has 11 nitrogen and oxygen atoms in total. The molecular weight excluding hydrogens is 654 g/mol. The Labute approximate surface area is 305 Å². The van der Waals surface area contributed by atoms with Crippen LogP contribution < -0.4 is 10.6 Å². The Balaban J connectivity index is 1.27. The number of hydrogen-bond donors (Lipinski definition) is 3. The number of ether oxygens (including phenoxy) is 1. The molecule has 0 unspecified atom stereocenters. The molecule has 1 saturated carbocycles. The summed E-state index contributed by atoms with van der Waals surface area (Å²) in [5, 5.41) is 26.4. The van der Waals surface area contributed by atoms with Crippen molar-refractivity contribution >= 4 is 45.8 Å². The van der Waals surface area contributed by atoms with Gasteiger partial charge in [-0.3, -0.25) is 20.2 Å². The molecule has 0 aliphatic heterocycles. The number of anilines is 2. The Morgan fingerprint density at radius 2 is 1.48 bits per heavy atom.